The molecule has 94 valence electrons. The number of hydrogen-bond acceptors (Lipinski definition) is 4. The molecule has 0 saturated carbocycles. The fourth-order valence-electron chi connectivity index (χ4n) is 0.624. The molecule has 16 heavy (non-hydrogen) atoms. The van der Waals surface area contributed by atoms with Crippen molar-refractivity contribution in [1.29, 1.82) is 0 Å². The molecular weight excluding hydrogens is 253 g/mol. The van der Waals surface area contributed by atoms with E-state index in [0.717, 1.165) is 0 Å². The molecule has 0 amide bonds. The lowest BCUT2D eigenvalue weighted by molar-refractivity contribution is -0.154. The van der Waals surface area contributed by atoms with Crippen molar-refractivity contribution >= 4 is 16.1 Å². The highest BCUT2D eigenvalue weighted by Crippen LogP contribution is 2.25. The number of alkyl halides is 3. The molecule has 0 rings (SSSR count). The topological polar surface area (TPSA) is 80.7 Å². The Hall–Kier alpha value is -1.09. The molecule has 0 spiro atoms. The monoisotopic (exact) mass is 262 g/mol. The lowest BCUT2D eigenvalue weighted by Crippen LogP contribution is -2.40. The summed E-state index contributed by atoms with van der Waals surface area (Å²) in [7, 11) is -5.38. The van der Waals surface area contributed by atoms with Crippen LogP contribution in [0.3, 0.4) is 0 Å². The highest BCUT2D eigenvalue weighted by atomic mass is 32.2. The van der Waals surface area contributed by atoms with Crippen molar-refractivity contribution in [3.05, 3.63) is 12.2 Å². The van der Waals surface area contributed by atoms with Gasteiger partial charge < -0.3 is 4.74 Å². The van der Waals surface area contributed by atoms with Gasteiger partial charge in [0.2, 0.25) is 5.25 Å². The Morgan fingerprint density at radius 3 is 2.19 bits per heavy atom. The Balaban J connectivity index is 4.74. The van der Waals surface area contributed by atoms with Gasteiger partial charge in [-0.15, -0.1) is 0 Å². The third-order valence-corrected chi connectivity index (χ3v) is 2.56. The summed E-state index contributed by atoms with van der Waals surface area (Å²) in [5, 5.41) is -3.15. The Morgan fingerprint density at radius 1 is 1.50 bits per heavy atom. The lowest BCUT2D eigenvalue weighted by atomic mass is 10.3. The van der Waals surface area contributed by atoms with Crippen LogP contribution < -0.4 is 0 Å². The van der Waals surface area contributed by atoms with Crippen LogP contribution in [0.15, 0.2) is 12.2 Å². The number of rotatable bonds is 4. The number of halogens is 3. The van der Waals surface area contributed by atoms with Crippen molar-refractivity contribution in [3.63, 3.8) is 0 Å². The van der Waals surface area contributed by atoms with Gasteiger partial charge in [-0.05, 0) is 6.92 Å². The Bertz CT molecular complexity index is 383. The average Bonchev–Trinajstić information content (AvgIpc) is 1.98. The summed E-state index contributed by atoms with van der Waals surface area (Å²) in [6.45, 7) is 2.76. The van der Waals surface area contributed by atoms with E-state index in [-0.39, 0.29) is 5.57 Å². The van der Waals surface area contributed by atoms with Gasteiger partial charge in [0.1, 0.15) is 6.61 Å². The standard InChI is InChI=1S/C7H9F3O5S/c1-4(2)6(11)15-3-5(7(8,9)10)16(12,13)14/h5H,1,3H2,2H3,(H,12,13,14). The van der Waals surface area contributed by atoms with Gasteiger partial charge >= 0.3 is 12.1 Å². The second kappa shape index (κ2) is 4.83. The summed E-state index contributed by atoms with van der Waals surface area (Å²) >= 11 is 0. The molecule has 9 heteroatoms. The van der Waals surface area contributed by atoms with Crippen LogP contribution in [0, 0.1) is 0 Å². The Morgan fingerprint density at radius 2 is 1.94 bits per heavy atom. The van der Waals surface area contributed by atoms with Gasteiger partial charge in [0.05, 0.1) is 0 Å². The first-order valence-corrected chi connectivity index (χ1v) is 5.32. The predicted octanol–water partition coefficient (Wildman–Crippen LogP) is 0.924. The summed E-state index contributed by atoms with van der Waals surface area (Å²) in [4.78, 5) is 10.7. The minimum Gasteiger partial charge on any atom is -0.460 e. The minimum absolute atomic E-state index is 0.184. The molecule has 1 unspecified atom stereocenters. The number of hydrogen-bond donors (Lipinski definition) is 1. The third-order valence-electron chi connectivity index (χ3n) is 1.44. The summed E-state index contributed by atoms with van der Waals surface area (Å²) in [5.74, 6) is -1.17. The number of carbonyl (C=O) groups excluding carboxylic acids is 1. The van der Waals surface area contributed by atoms with E-state index in [9.17, 15) is 26.4 Å². The van der Waals surface area contributed by atoms with Gasteiger partial charge in [0.25, 0.3) is 10.1 Å². The fraction of sp³-hybridized carbons (Fsp3) is 0.571. The lowest BCUT2D eigenvalue weighted by Gasteiger charge is -2.16. The molecule has 1 atom stereocenters. The maximum Gasteiger partial charge on any atom is 0.411 e. The smallest absolute Gasteiger partial charge is 0.411 e. The average molecular weight is 262 g/mol. The summed E-state index contributed by atoms with van der Waals surface area (Å²) in [6.07, 6.45) is -5.22. The van der Waals surface area contributed by atoms with E-state index in [1.54, 1.807) is 0 Å². The molecule has 0 aliphatic rings. The molecule has 0 aromatic heterocycles. The molecule has 0 heterocycles. The van der Waals surface area contributed by atoms with Crippen LogP contribution in [0.2, 0.25) is 0 Å². The largest absolute Gasteiger partial charge is 0.460 e. The second-order valence-electron chi connectivity index (χ2n) is 2.92. The van der Waals surface area contributed by atoms with Crippen LogP contribution in [0.4, 0.5) is 13.2 Å². The first kappa shape index (κ1) is 14.9. The van der Waals surface area contributed by atoms with Crippen LogP contribution in [-0.2, 0) is 19.6 Å². The minimum atomic E-state index is -5.38. The highest BCUT2D eigenvalue weighted by molar-refractivity contribution is 7.86. The maximum absolute atomic E-state index is 12.1. The molecule has 1 N–H and O–H groups in total. The van der Waals surface area contributed by atoms with Crippen molar-refractivity contribution in [2.24, 2.45) is 0 Å². The van der Waals surface area contributed by atoms with Gasteiger partial charge in [0, 0.05) is 5.57 Å². The molecule has 0 aromatic carbocycles. The second-order valence-corrected chi connectivity index (χ2v) is 4.52. The molecule has 0 aliphatic heterocycles. The molecule has 0 saturated heterocycles. The number of carbonyl (C=O) groups is 1. The molecule has 0 radical (unpaired) electrons. The van der Waals surface area contributed by atoms with Crippen LogP contribution in [0.5, 0.6) is 0 Å². The van der Waals surface area contributed by atoms with E-state index in [1.165, 1.54) is 6.92 Å². The Labute approximate surface area is 89.6 Å². The number of esters is 1. The van der Waals surface area contributed by atoms with Gasteiger partial charge in [-0.2, -0.15) is 21.6 Å². The van der Waals surface area contributed by atoms with E-state index in [1.807, 2.05) is 0 Å². The molecule has 0 aromatic rings. The summed E-state index contributed by atoms with van der Waals surface area (Å²) < 4.78 is 69.4. The van der Waals surface area contributed by atoms with Gasteiger partial charge in [-0.3, -0.25) is 4.55 Å². The van der Waals surface area contributed by atoms with Gasteiger partial charge in [-0.1, -0.05) is 6.58 Å². The fourth-order valence-corrected chi connectivity index (χ4v) is 1.20. The molecular formula is C7H9F3O5S. The van der Waals surface area contributed by atoms with E-state index < -0.39 is 34.1 Å². The van der Waals surface area contributed by atoms with Crippen molar-refractivity contribution < 1.29 is 35.7 Å². The molecule has 0 fully saturated rings. The van der Waals surface area contributed by atoms with E-state index in [0.29, 0.717) is 0 Å². The quantitative estimate of drug-likeness (QED) is 0.463. The highest BCUT2D eigenvalue weighted by Gasteiger charge is 2.49. The van der Waals surface area contributed by atoms with Gasteiger partial charge in [0.15, 0.2) is 0 Å². The first-order chi connectivity index (χ1) is 6.96. The normalized spacial score (nSPS) is 14.3. The van der Waals surface area contributed by atoms with Crippen molar-refractivity contribution in [2.45, 2.75) is 18.3 Å². The number of ether oxygens (including phenoxy) is 1. The predicted molar refractivity (Wildman–Crippen MR) is 47.2 cm³/mol. The Kier molecular flexibility index (Phi) is 4.50. The van der Waals surface area contributed by atoms with E-state index in [4.69, 9.17) is 4.55 Å². The zero-order valence-electron chi connectivity index (χ0n) is 8.11. The molecule has 0 aliphatic carbocycles. The SMILES string of the molecule is C=C(C)C(=O)OCC(C(F)(F)F)S(=O)(=O)O. The zero-order chi connectivity index (χ0) is 13.1. The van der Waals surface area contributed by atoms with Crippen molar-refractivity contribution in [3.8, 4) is 0 Å². The first-order valence-electron chi connectivity index (χ1n) is 3.82. The zero-order valence-corrected chi connectivity index (χ0v) is 8.93. The maximum atomic E-state index is 12.1. The van der Waals surface area contributed by atoms with E-state index in [2.05, 4.69) is 11.3 Å². The van der Waals surface area contributed by atoms with Crippen LogP contribution >= 0.6 is 0 Å². The van der Waals surface area contributed by atoms with Crippen LogP contribution in [-0.4, -0.2) is 37.0 Å². The van der Waals surface area contributed by atoms with Crippen LogP contribution in [0.1, 0.15) is 6.92 Å². The van der Waals surface area contributed by atoms with Crippen molar-refractivity contribution in [2.75, 3.05) is 6.61 Å². The van der Waals surface area contributed by atoms with Gasteiger partial charge in [-0.25, -0.2) is 4.79 Å². The summed E-state index contributed by atoms with van der Waals surface area (Å²) in [6, 6.07) is 0. The summed E-state index contributed by atoms with van der Waals surface area (Å²) in [5.41, 5.74) is -0.184. The van der Waals surface area contributed by atoms with Crippen molar-refractivity contribution in [1.82, 2.24) is 0 Å². The van der Waals surface area contributed by atoms with Crippen LogP contribution in [0.25, 0.3) is 0 Å². The molecule has 5 nitrogen and oxygen atoms in total. The third kappa shape index (κ3) is 4.62. The molecule has 0 bridgehead atoms. The van der Waals surface area contributed by atoms with E-state index >= 15 is 0 Å².